The Balaban J connectivity index is 1.54. The normalized spacial score (nSPS) is 20.7. The van der Waals surface area contributed by atoms with Gasteiger partial charge in [-0.3, -0.25) is 4.68 Å². The number of aryl methyl sites for hydroxylation is 1. The van der Waals surface area contributed by atoms with Crippen LogP contribution in [0, 0.1) is 5.92 Å². The molecular weight excluding hydrogens is 507 g/mol. The Hall–Kier alpha value is -2.62. The van der Waals surface area contributed by atoms with Crippen molar-refractivity contribution in [3.8, 4) is 10.6 Å². The fraction of sp³-hybridized carbons (Fsp3) is 0.500. The second-order valence-electron chi connectivity index (χ2n) is 8.42. The summed E-state index contributed by atoms with van der Waals surface area (Å²) < 4.78 is 69.4. The Kier molecular flexibility index (Phi) is 6.87. The molecule has 15 heteroatoms. The molecule has 35 heavy (non-hydrogen) atoms. The zero-order valence-electron chi connectivity index (χ0n) is 19.1. The Bertz CT molecular complexity index is 1310. The second-order valence-corrected chi connectivity index (χ2v) is 11.4. The number of hydrogen-bond acceptors (Lipinski definition) is 9. The van der Waals surface area contributed by atoms with E-state index >= 15 is 0 Å². The van der Waals surface area contributed by atoms with E-state index in [9.17, 15) is 26.7 Å². The summed E-state index contributed by atoms with van der Waals surface area (Å²) in [5, 5.41) is 17.0. The minimum Gasteiger partial charge on any atom is -0.386 e. The standard InChI is InChI=1S/C20H24F3N7O3S2/c1-11-9-30(35(32,33)13-6-26-29(3)10-13)5-4-15(11)27-19-25-7-14(20(21,22)23)17(28-19)16-8-24-18(34-16)12(2)31/h6-8,10-12,15,31H,4-5,9H2,1-3H3,(H,25,27,28)/t11-,12?,15+/m1/s1. The summed E-state index contributed by atoms with van der Waals surface area (Å²) in [5.41, 5.74) is -1.34. The number of thiazole rings is 1. The fourth-order valence-electron chi connectivity index (χ4n) is 3.82. The zero-order valence-corrected chi connectivity index (χ0v) is 20.7. The first-order valence-corrected chi connectivity index (χ1v) is 13.0. The molecule has 3 atom stereocenters. The van der Waals surface area contributed by atoms with Crippen LogP contribution < -0.4 is 5.32 Å². The van der Waals surface area contributed by atoms with Crippen LogP contribution >= 0.6 is 11.3 Å². The quantitative estimate of drug-likeness (QED) is 0.497. The molecule has 10 nitrogen and oxygen atoms in total. The third-order valence-electron chi connectivity index (χ3n) is 5.71. The van der Waals surface area contributed by atoms with Gasteiger partial charge in [-0.15, -0.1) is 11.3 Å². The molecule has 1 aliphatic rings. The minimum atomic E-state index is -4.68. The van der Waals surface area contributed by atoms with Gasteiger partial charge in [0.25, 0.3) is 0 Å². The molecule has 3 aromatic rings. The van der Waals surface area contributed by atoms with Crippen LogP contribution in [0.4, 0.5) is 19.1 Å². The number of anilines is 1. The van der Waals surface area contributed by atoms with Crippen molar-refractivity contribution >= 4 is 27.3 Å². The molecule has 0 amide bonds. The van der Waals surface area contributed by atoms with E-state index in [0.29, 0.717) is 6.42 Å². The maximum Gasteiger partial charge on any atom is 0.420 e. The van der Waals surface area contributed by atoms with Crippen molar-refractivity contribution in [2.45, 2.75) is 43.5 Å². The lowest BCUT2D eigenvalue weighted by molar-refractivity contribution is -0.137. The molecule has 0 radical (unpaired) electrons. The van der Waals surface area contributed by atoms with Gasteiger partial charge in [0.2, 0.25) is 16.0 Å². The van der Waals surface area contributed by atoms with Gasteiger partial charge in [0.15, 0.2) is 0 Å². The van der Waals surface area contributed by atoms with Crippen molar-refractivity contribution < 1.29 is 26.7 Å². The van der Waals surface area contributed by atoms with E-state index in [1.54, 1.807) is 7.05 Å². The predicted octanol–water partition coefficient (Wildman–Crippen LogP) is 2.92. The number of alkyl halides is 3. The molecule has 190 valence electrons. The lowest BCUT2D eigenvalue weighted by Crippen LogP contribution is -2.47. The SMILES string of the molecule is CC(O)c1ncc(-c2nc(N[C@H]3CCN(S(=O)(=O)c4cnn(C)c4)C[C@H]3C)ncc2C(F)(F)F)s1. The topological polar surface area (TPSA) is 126 Å². The van der Waals surface area contributed by atoms with Crippen LogP contribution in [0.15, 0.2) is 29.7 Å². The molecular formula is C20H24F3N7O3S2. The van der Waals surface area contributed by atoms with Gasteiger partial charge < -0.3 is 10.4 Å². The van der Waals surface area contributed by atoms with Gasteiger partial charge >= 0.3 is 6.18 Å². The van der Waals surface area contributed by atoms with Crippen molar-refractivity contribution in [1.29, 1.82) is 0 Å². The summed E-state index contributed by atoms with van der Waals surface area (Å²) in [7, 11) is -2.07. The number of aliphatic hydroxyl groups is 1. The predicted molar refractivity (Wildman–Crippen MR) is 122 cm³/mol. The van der Waals surface area contributed by atoms with Crippen molar-refractivity contribution in [2.24, 2.45) is 13.0 Å². The van der Waals surface area contributed by atoms with Crippen LogP contribution in [0.2, 0.25) is 0 Å². The summed E-state index contributed by atoms with van der Waals surface area (Å²) in [4.78, 5) is 12.2. The van der Waals surface area contributed by atoms with Gasteiger partial charge in [-0.1, -0.05) is 6.92 Å². The Morgan fingerprint density at radius 3 is 2.57 bits per heavy atom. The molecule has 3 aromatic heterocycles. The Morgan fingerprint density at radius 2 is 2.00 bits per heavy atom. The molecule has 1 unspecified atom stereocenters. The maximum absolute atomic E-state index is 13.6. The molecule has 0 bridgehead atoms. The lowest BCUT2D eigenvalue weighted by Gasteiger charge is -2.36. The van der Waals surface area contributed by atoms with Crippen molar-refractivity contribution in [3.63, 3.8) is 0 Å². The largest absolute Gasteiger partial charge is 0.420 e. The highest BCUT2D eigenvalue weighted by Crippen LogP contribution is 2.39. The average Bonchev–Trinajstić information content (AvgIpc) is 3.44. The molecule has 1 aliphatic heterocycles. The molecule has 0 saturated carbocycles. The van der Waals surface area contributed by atoms with Gasteiger partial charge in [0, 0.05) is 44.8 Å². The monoisotopic (exact) mass is 531 g/mol. The van der Waals surface area contributed by atoms with Gasteiger partial charge in [-0.2, -0.15) is 22.6 Å². The summed E-state index contributed by atoms with van der Waals surface area (Å²) in [5.74, 6) is -0.171. The second kappa shape index (κ2) is 9.44. The van der Waals surface area contributed by atoms with Crippen LogP contribution in [0.5, 0.6) is 0 Å². The number of halogens is 3. The number of nitrogens with one attached hydrogen (secondary N) is 1. The van der Waals surface area contributed by atoms with E-state index in [-0.39, 0.29) is 51.5 Å². The number of aliphatic hydroxyl groups excluding tert-OH is 1. The highest BCUT2D eigenvalue weighted by Gasteiger charge is 2.37. The molecule has 4 heterocycles. The van der Waals surface area contributed by atoms with Gasteiger partial charge in [0.05, 0.1) is 16.8 Å². The van der Waals surface area contributed by atoms with Crippen LogP contribution in [0.1, 0.15) is 36.9 Å². The third-order valence-corrected chi connectivity index (χ3v) is 8.70. The van der Waals surface area contributed by atoms with Crippen LogP contribution in [0.25, 0.3) is 10.6 Å². The van der Waals surface area contributed by atoms with E-state index in [4.69, 9.17) is 0 Å². The highest BCUT2D eigenvalue weighted by molar-refractivity contribution is 7.89. The zero-order chi connectivity index (χ0) is 25.5. The first-order valence-electron chi connectivity index (χ1n) is 10.7. The Labute approximate surface area is 203 Å². The number of rotatable bonds is 6. The molecule has 2 N–H and O–H groups in total. The first-order chi connectivity index (χ1) is 16.4. The molecule has 1 saturated heterocycles. The van der Waals surface area contributed by atoms with E-state index in [0.717, 1.165) is 17.5 Å². The van der Waals surface area contributed by atoms with E-state index in [1.165, 1.54) is 34.5 Å². The van der Waals surface area contributed by atoms with Gasteiger partial charge in [-0.25, -0.2) is 23.4 Å². The van der Waals surface area contributed by atoms with Gasteiger partial charge in [0.1, 0.15) is 21.6 Å². The number of hydrogen-bond donors (Lipinski definition) is 2. The average molecular weight is 532 g/mol. The summed E-state index contributed by atoms with van der Waals surface area (Å²) in [6.45, 7) is 3.77. The van der Waals surface area contributed by atoms with E-state index in [1.807, 2.05) is 6.92 Å². The van der Waals surface area contributed by atoms with Crippen LogP contribution in [-0.2, 0) is 23.2 Å². The Morgan fingerprint density at radius 1 is 1.26 bits per heavy atom. The van der Waals surface area contributed by atoms with Crippen LogP contribution in [-0.4, -0.2) is 61.7 Å². The van der Waals surface area contributed by atoms with Crippen molar-refractivity contribution in [1.82, 2.24) is 29.0 Å². The molecule has 0 aromatic carbocycles. The molecule has 4 rings (SSSR count). The number of sulfonamides is 1. The summed E-state index contributed by atoms with van der Waals surface area (Å²) in [6, 6.07) is -0.255. The van der Waals surface area contributed by atoms with Crippen molar-refractivity contribution in [3.05, 3.63) is 35.4 Å². The molecule has 1 fully saturated rings. The number of aromatic nitrogens is 5. The molecule has 0 aliphatic carbocycles. The summed E-state index contributed by atoms with van der Waals surface area (Å²) >= 11 is 0.923. The number of nitrogens with zero attached hydrogens (tertiary/aromatic N) is 6. The van der Waals surface area contributed by atoms with E-state index in [2.05, 4.69) is 25.4 Å². The highest BCUT2D eigenvalue weighted by atomic mass is 32.2. The first kappa shape index (κ1) is 25.5. The van der Waals surface area contributed by atoms with Gasteiger partial charge in [-0.05, 0) is 19.3 Å². The summed E-state index contributed by atoms with van der Waals surface area (Å²) in [6.07, 6.45) is -0.488. The van der Waals surface area contributed by atoms with E-state index < -0.39 is 27.9 Å². The molecule has 0 spiro atoms. The number of piperidine rings is 1. The van der Waals surface area contributed by atoms with Crippen LogP contribution in [0.3, 0.4) is 0 Å². The smallest absolute Gasteiger partial charge is 0.386 e. The maximum atomic E-state index is 13.6. The lowest BCUT2D eigenvalue weighted by atomic mass is 9.95. The minimum absolute atomic E-state index is 0.000383. The fourth-order valence-corrected chi connectivity index (χ4v) is 6.22. The third kappa shape index (κ3) is 5.32. The van der Waals surface area contributed by atoms with Crippen molar-refractivity contribution in [2.75, 3.05) is 18.4 Å².